The van der Waals surface area contributed by atoms with Crippen molar-refractivity contribution in [1.82, 2.24) is 0 Å². The molecule has 132 valence electrons. The van der Waals surface area contributed by atoms with Crippen molar-refractivity contribution in [1.29, 1.82) is 0 Å². The molecule has 0 radical (unpaired) electrons. The number of carbonyl (C=O) groups excluding carboxylic acids is 1. The third kappa shape index (κ3) is 3.03. The van der Waals surface area contributed by atoms with Crippen molar-refractivity contribution >= 4 is 28.5 Å². The normalized spacial score (nSPS) is 23.2. The van der Waals surface area contributed by atoms with E-state index in [1.807, 2.05) is 18.2 Å². The van der Waals surface area contributed by atoms with E-state index in [1.165, 1.54) is 12.0 Å². The van der Waals surface area contributed by atoms with Crippen LogP contribution in [0.3, 0.4) is 0 Å². The number of amides is 1. The van der Waals surface area contributed by atoms with Crippen LogP contribution in [-0.2, 0) is 22.4 Å². The molecule has 0 spiro atoms. The van der Waals surface area contributed by atoms with Gasteiger partial charge in [-0.2, -0.15) is 0 Å². The molecule has 2 aliphatic rings. The summed E-state index contributed by atoms with van der Waals surface area (Å²) in [5.74, 6) is -0.981. The molecule has 2 N–H and O–H groups in total. The number of rotatable bonds is 3. The van der Waals surface area contributed by atoms with E-state index in [1.54, 1.807) is 0 Å². The average Bonchev–Trinajstić information content (AvgIpc) is 2.99. The molecule has 0 unspecified atom stereocenters. The Morgan fingerprint density at radius 3 is 2.60 bits per heavy atom. The highest BCUT2D eigenvalue weighted by Crippen LogP contribution is 2.35. The first-order chi connectivity index (χ1) is 12.1. The van der Waals surface area contributed by atoms with E-state index in [4.69, 9.17) is 4.42 Å². The van der Waals surface area contributed by atoms with E-state index in [0.29, 0.717) is 12.8 Å². The lowest BCUT2D eigenvalue weighted by Gasteiger charge is -2.27. The van der Waals surface area contributed by atoms with Crippen LogP contribution in [-0.4, -0.2) is 17.0 Å². The van der Waals surface area contributed by atoms with Crippen molar-refractivity contribution in [2.75, 3.05) is 5.32 Å². The molecular weight excluding hydrogens is 318 g/mol. The Balaban J connectivity index is 1.57. The molecule has 1 heterocycles. The van der Waals surface area contributed by atoms with E-state index in [-0.39, 0.29) is 5.91 Å². The van der Waals surface area contributed by atoms with Gasteiger partial charge < -0.3 is 14.8 Å². The summed E-state index contributed by atoms with van der Waals surface area (Å²) in [5.41, 5.74) is 2.85. The number of aliphatic carboxylic acids is 1. The Kier molecular flexibility index (Phi) is 4.24. The highest BCUT2D eigenvalue weighted by molar-refractivity contribution is 5.97. The van der Waals surface area contributed by atoms with Crippen LogP contribution in [0, 0.1) is 11.8 Å². The Bertz CT molecular complexity index is 822. The van der Waals surface area contributed by atoms with Crippen LogP contribution in [0.2, 0.25) is 0 Å². The fraction of sp³-hybridized carbons (Fsp3) is 0.500. The van der Waals surface area contributed by atoms with Gasteiger partial charge in [-0.05, 0) is 50.3 Å². The molecule has 2 atom stereocenters. The number of carboxylic acid groups (broad SMARTS) is 1. The van der Waals surface area contributed by atoms with Crippen molar-refractivity contribution in [2.24, 2.45) is 11.8 Å². The number of fused-ring (bicyclic) bond motifs is 3. The maximum atomic E-state index is 12.6. The molecular formula is C20H23NO4. The Morgan fingerprint density at radius 2 is 1.80 bits per heavy atom. The topological polar surface area (TPSA) is 79.5 Å². The smallest absolute Gasteiger partial charge is 0.307 e. The minimum atomic E-state index is -0.862. The highest BCUT2D eigenvalue weighted by Gasteiger charge is 2.35. The number of furan rings is 1. The third-order valence-corrected chi connectivity index (χ3v) is 5.64. The molecule has 25 heavy (non-hydrogen) atoms. The zero-order chi connectivity index (χ0) is 17.4. The van der Waals surface area contributed by atoms with Gasteiger partial charge in [0, 0.05) is 23.1 Å². The lowest BCUT2D eigenvalue weighted by Crippen LogP contribution is -2.36. The van der Waals surface area contributed by atoms with Gasteiger partial charge in [0.25, 0.3) is 0 Å². The molecule has 1 aromatic heterocycles. The molecule has 1 aromatic carbocycles. The monoisotopic (exact) mass is 341 g/mol. The quantitative estimate of drug-likeness (QED) is 0.879. The van der Waals surface area contributed by atoms with Crippen molar-refractivity contribution in [3.05, 3.63) is 29.5 Å². The zero-order valence-corrected chi connectivity index (χ0v) is 14.2. The summed E-state index contributed by atoms with van der Waals surface area (Å²) in [7, 11) is 0. The lowest BCUT2D eigenvalue weighted by atomic mass is 9.78. The number of anilines is 1. The minimum Gasteiger partial charge on any atom is -0.481 e. The predicted molar refractivity (Wildman–Crippen MR) is 94.6 cm³/mol. The zero-order valence-electron chi connectivity index (χ0n) is 14.2. The number of hydrogen-bond acceptors (Lipinski definition) is 3. The van der Waals surface area contributed by atoms with Crippen LogP contribution in [0.4, 0.5) is 5.69 Å². The van der Waals surface area contributed by atoms with Gasteiger partial charge in [-0.25, -0.2) is 0 Å². The lowest BCUT2D eigenvalue weighted by molar-refractivity contribution is -0.147. The molecule has 4 rings (SSSR count). The largest absolute Gasteiger partial charge is 0.481 e. The van der Waals surface area contributed by atoms with Crippen molar-refractivity contribution in [3.63, 3.8) is 0 Å². The highest BCUT2D eigenvalue weighted by atomic mass is 16.4. The van der Waals surface area contributed by atoms with Gasteiger partial charge in [0.15, 0.2) is 0 Å². The maximum Gasteiger partial charge on any atom is 0.307 e. The van der Waals surface area contributed by atoms with Gasteiger partial charge in [-0.1, -0.05) is 12.8 Å². The van der Waals surface area contributed by atoms with Gasteiger partial charge in [-0.3, -0.25) is 9.59 Å². The molecule has 5 nitrogen and oxygen atoms in total. The van der Waals surface area contributed by atoms with Gasteiger partial charge in [-0.15, -0.1) is 0 Å². The standard InChI is InChI=1S/C20H23NO4/c22-19(14-6-1-2-7-15(14)20(23)24)21-12-9-10-18-16(11-12)13-5-3-4-8-17(13)25-18/h9-11,14-15H,1-8H2,(H,21,22)(H,23,24)/t14-,15-/m0/s1. The maximum absolute atomic E-state index is 12.6. The molecule has 2 aromatic rings. The summed E-state index contributed by atoms with van der Waals surface area (Å²) >= 11 is 0. The van der Waals surface area contributed by atoms with E-state index in [2.05, 4.69) is 5.32 Å². The van der Waals surface area contributed by atoms with Crippen LogP contribution >= 0.6 is 0 Å². The van der Waals surface area contributed by atoms with Crippen LogP contribution in [0.1, 0.15) is 49.8 Å². The van der Waals surface area contributed by atoms with Crippen molar-refractivity contribution in [3.8, 4) is 0 Å². The second-order valence-electron chi connectivity index (χ2n) is 7.25. The summed E-state index contributed by atoms with van der Waals surface area (Å²) in [6.07, 6.45) is 7.35. The summed E-state index contributed by atoms with van der Waals surface area (Å²) in [4.78, 5) is 24.1. The van der Waals surface area contributed by atoms with Gasteiger partial charge in [0.2, 0.25) is 5.91 Å². The summed E-state index contributed by atoms with van der Waals surface area (Å²) < 4.78 is 5.92. The first-order valence-corrected chi connectivity index (χ1v) is 9.21. The number of aryl methyl sites for hydroxylation is 2. The first-order valence-electron chi connectivity index (χ1n) is 9.21. The molecule has 0 aliphatic heterocycles. The summed E-state index contributed by atoms with van der Waals surface area (Å²) in [6.45, 7) is 0. The molecule has 0 saturated heterocycles. The number of carboxylic acids is 1. The number of carbonyl (C=O) groups is 2. The van der Waals surface area contributed by atoms with Crippen molar-refractivity contribution in [2.45, 2.75) is 51.4 Å². The molecule has 1 saturated carbocycles. The SMILES string of the molecule is O=C(O)[C@H]1CCCC[C@@H]1C(=O)Nc1ccc2oc3c(c2c1)CCCC3. The van der Waals surface area contributed by atoms with E-state index < -0.39 is 17.8 Å². The van der Waals surface area contributed by atoms with Crippen molar-refractivity contribution < 1.29 is 19.1 Å². The predicted octanol–water partition coefficient (Wildman–Crippen LogP) is 4.14. The third-order valence-electron chi connectivity index (χ3n) is 5.64. The van der Waals surface area contributed by atoms with Gasteiger partial charge >= 0.3 is 5.97 Å². The second-order valence-corrected chi connectivity index (χ2v) is 7.25. The van der Waals surface area contributed by atoms with Crippen LogP contribution < -0.4 is 5.32 Å². The Labute approximate surface area is 146 Å². The molecule has 0 bridgehead atoms. The van der Waals surface area contributed by atoms with Gasteiger partial charge in [0.05, 0.1) is 11.8 Å². The molecule has 5 heteroatoms. The fourth-order valence-corrected chi connectivity index (χ4v) is 4.32. The van der Waals surface area contributed by atoms with E-state index in [0.717, 1.165) is 54.5 Å². The number of nitrogens with one attached hydrogen (secondary N) is 1. The minimum absolute atomic E-state index is 0.177. The Hall–Kier alpha value is -2.30. The molecule has 2 aliphatic carbocycles. The Morgan fingerprint density at radius 1 is 1.04 bits per heavy atom. The average molecular weight is 341 g/mol. The van der Waals surface area contributed by atoms with E-state index >= 15 is 0 Å². The van der Waals surface area contributed by atoms with Gasteiger partial charge in [0.1, 0.15) is 11.3 Å². The molecule has 1 amide bonds. The first kappa shape index (κ1) is 16.2. The summed E-state index contributed by atoms with van der Waals surface area (Å²) in [6, 6.07) is 5.71. The summed E-state index contributed by atoms with van der Waals surface area (Å²) in [5, 5.41) is 13.4. The molecule has 1 fully saturated rings. The second kappa shape index (κ2) is 6.54. The van der Waals surface area contributed by atoms with E-state index in [9.17, 15) is 14.7 Å². The number of benzene rings is 1. The number of hydrogen-bond donors (Lipinski definition) is 2. The van der Waals surface area contributed by atoms with Crippen LogP contribution in [0.25, 0.3) is 11.0 Å². The van der Waals surface area contributed by atoms with Crippen LogP contribution in [0.15, 0.2) is 22.6 Å². The van der Waals surface area contributed by atoms with Crippen LogP contribution in [0.5, 0.6) is 0 Å². The fourth-order valence-electron chi connectivity index (χ4n) is 4.32.